The Morgan fingerprint density at radius 1 is 1.04 bits per heavy atom. The molecule has 3 rings (SSSR count). The number of nitrogens with two attached hydrogens (primary N) is 3. The second kappa shape index (κ2) is 9.47. The van der Waals surface area contributed by atoms with Gasteiger partial charge in [0, 0.05) is 18.0 Å². The van der Waals surface area contributed by atoms with E-state index in [0.717, 1.165) is 0 Å². The third-order valence-electron chi connectivity index (χ3n) is 2.88. The van der Waals surface area contributed by atoms with Crippen molar-refractivity contribution in [2.45, 2.75) is 0 Å². The molecule has 0 saturated carbocycles. The van der Waals surface area contributed by atoms with Gasteiger partial charge in [-0.25, -0.2) is 0 Å². The molecule has 0 atom stereocenters. The second-order valence-electron chi connectivity index (χ2n) is 4.61. The molecule has 11 heteroatoms. The number of rotatable bonds is 2. The molecule has 0 fully saturated rings. The van der Waals surface area contributed by atoms with Crippen molar-refractivity contribution in [3.8, 4) is 11.3 Å². The number of halogens is 2. The van der Waals surface area contributed by atoms with E-state index in [4.69, 9.17) is 40.4 Å². The van der Waals surface area contributed by atoms with Gasteiger partial charge in [0.25, 0.3) is 0 Å². The number of pyridine rings is 1. The normalized spacial score (nSPS) is 9.46. The lowest BCUT2D eigenvalue weighted by atomic mass is 10.1. The summed E-state index contributed by atoms with van der Waals surface area (Å²) in [7, 11) is 0. The van der Waals surface area contributed by atoms with Gasteiger partial charge < -0.3 is 22.7 Å². The smallest absolute Gasteiger partial charge is 0.250 e. The van der Waals surface area contributed by atoms with Gasteiger partial charge in [-0.1, -0.05) is 35.3 Å². The first-order chi connectivity index (χ1) is 11.9. The molecule has 0 saturated heterocycles. The molecular formula is C15H15Cl2N7O2. The fourth-order valence-electron chi connectivity index (χ4n) is 1.74. The number of nitrogen functional groups attached to an aromatic ring is 2. The molecule has 0 bridgehead atoms. The van der Waals surface area contributed by atoms with E-state index in [0.29, 0.717) is 26.9 Å². The molecule has 2 heterocycles. The van der Waals surface area contributed by atoms with Gasteiger partial charge in [-0.3, -0.25) is 9.78 Å². The van der Waals surface area contributed by atoms with Crippen molar-refractivity contribution in [2.75, 3.05) is 11.5 Å². The number of hydrogen-bond acceptors (Lipinski definition) is 7. The Kier molecular flexibility index (Phi) is 7.66. The number of primary amides is 1. The minimum atomic E-state index is -0.442. The SMILES string of the molecule is NC(=O)c1cccnc1.Nc1nnc(-c2cccc(Cl)c2Cl)c(N)n1.O. The molecule has 0 unspecified atom stereocenters. The number of nitrogens with zero attached hydrogens (tertiary/aromatic N) is 4. The Labute approximate surface area is 158 Å². The number of hydrogen-bond donors (Lipinski definition) is 3. The van der Waals surface area contributed by atoms with Gasteiger partial charge in [0.1, 0.15) is 5.69 Å². The molecule has 1 amide bonds. The molecular weight excluding hydrogens is 381 g/mol. The Balaban J connectivity index is 0.000000290. The van der Waals surface area contributed by atoms with Gasteiger partial charge in [0.15, 0.2) is 5.82 Å². The molecule has 3 aromatic rings. The predicted octanol–water partition coefficient (Wildman–Crippen LogP) is 1.37. The molecule has 0 aliphatic carbocycles. The van der Waals surface area contributed by atoms with Crippen LogP contribution >= 0.6 is 23.2 Å². The molecule has 0 aliphatic heterocycles. The molecule has 9 nitrogen and oxygen atoms in total. The van der Waals surface area contributed by atoms with Gasteiger partial charge in [0.2, 0.25) is 11.9 Å². The largest absolute Gasteiger partial charge is 0.412 e. The highest BCUT2D eigenvalue weighted by Gasteiger charge is 2.12. The van der Waals surface area contributed by atoms with Crippen LogP contribution in [0.25, 0.3) is 11.3 Å². The van der Waals surface area contributed by atoms with Gasteiger partial charge in [0.05, 0.1) is 15.6 Å². The van der Waals surface area contributed by atoms with Crippen molar-refractivity contribution in [1.82, 2.24) is 20.2 Å². The molecule has 0 spiro atoms. The molecule has 136 valence electrons. The predicted molar refractivity (Wildman–Crippen MR) is 100 cm³/mol. The average Bonchev–Trinajstić information content (AvgIpc) is 2.59. The van der Waals surface area contributed by atoms with Crippen LogP contribution in [0.2, 0.25) is 10.0 Å². The molecule has 0 aliphatic rings. The van der Waals surface area contributed by atoms with Gasteiger partial charge in [-0.2, -0.15) is 4.98 Å². The summed E-state index contributed by atoms with van der Waals surface area (Å²) in [4.78, 5) is 17.9. The molecule has 0 radical (unpaired) electrons. The quantitative estimate of drug-likeness (QED) is 0.585. The number of amides is 1. The van der Waals surface area contributed by atoms with Crippen LogP contribution < -0.4 is 17.2 Å². The summed E-state index contributed by atoms with van der Waals surface area (Å²) in [6.07, 6.45) is 3.02. The van der Waals surface area contributed by atoms with Crippen molar-refractivity contribution in [1.29, 1.82) is 0 Å². The lowest BCUT2D eigenvalue weighted by molar-refractivity contribution is 0.1000. The fraction of sp³-hybridized carbons (Fsp3) is 0. The minimum Gasteiger partial charge on any atom is -0.412 e. The van der Waals surface area contributed by atoms with Crippen molar-refractivity contribution >= 4 is 40.9 Å². The Bertz CT molecular complexity index is 894. The summed E-state index contributed by atoms with van der Waals surface area (Å²) in [5, 5.41) is 8.24. The zero-order valence-corrected chi connectivity index (χ0v) is 14.7. The first kappa shape index (κ1) is 21.0. The maximum atomic E-state index is 10.4. The Morgan fingerprint density at radius 3 is 2.31 bits per heavy atom. The lowest BCUT2D eigenvalue weighted by Crippen LogP contribution is -2.10. The summed E-state index contributed by atoms with van der Waals surface area (Å²) in [5.41, 5.74) is 17.3. The summed E-state index contributed by atoms with van der Waals surface area (Å²) < 4.78 is 0. The summed E-state index contributed by atoms with van der Waals surface area (Å²) in [5.74, 6) is -0.265. The van der Waals surface area contributed by atoms with Crippen molar-refractivity contribution < 1.29 is 10.3 Å². The van der Waals surface area contributed by atoms with Crippen LogP contribution in [0.4, 0.5) is 11.8 Å². The highest BCUT2D eigenvalue weighted by molar-refractivity contribution is 6.43. The number of carbonyl (C=O) groups excluding carboxylic acids is 1. The van der Waals surface area contributed by atoms with E-state index >= 15 is 0 Å². The van der Waals surface area contributed by atoms with Gasteiger partial charge >= 0.3 is 0 Å². The molecule has 1 aromatic carbocycles. The maximum Gasteiger partial charge on any atom is 0.250 e. The summed E-state index contributed by atoms with van der Waals surface area (Å²) in [6.45, 7) is 0. The Hall–Kier alpha value is -3.01. The molecule has 26 heavy (non-hydrogen) atoms. The van der Waals surface area contributed by atoms with Crippen LogP contribution in [0.5, 0.6) is 0 Å². The summed E-state index contributed by atoms with van der Waals surface area (Å²) in [6, 6.07) is 8.42. The minimum absolute atomic E-state index is 0. The zero-order valence-electron chi connectivity index (χ0n) is 13.2. The van der Waals surface area contributed by atoms with Crippen molar-refractivity contribution in [2.24, 2.45) is 5.73 Å². The third-order valence-corrected chi connectivity index (χ3v) is 3.70. The topological polar surface area (TPSA) is 178 Å². The van der Waals surface area contributed by atoms with E-state index in [1.165, 1.54) is 6.20 Å². The maximum absolute atomic E-state index is 10.4. The van der Waals surface area contributed by atoms with Crippen LogP contribution in [0.1, 0.15) is 10.4 Å². The van der Waals surface area contributed by atoms with Crippen LogP contribution in [-0.4, -0.2) is 31.5 Å². The Morgan fingerprint density at radius 2 is 1.77 bits per heavy atom. The molecule has 8 N–H and O–H groups in total. The molecule has 2 aromatic heterocycles. The highest BCUT2D eigenvalue weighted by Crippen LogP contribution is 2.34. The first-order valence-corrected chi connectivity index (χ1v) is 7.55. The second-order valence-corrected chi connectivity index (χ2v) is 5.40. The van der Waals surface area contributed by atoms with E-state index in [1.807, 2.05) is 0 Å². The zero-order chi connectivity index (χ0) is 18.4. The monoisotopic (exact) mass is 395 g/mol. The van der Waals surface area contributed by atoms with Crippen LogP contribution in [0, 0.1) is 0 Å². The third kappa shape index (κ3) is 5.24. The van der Waals surface area contributed by atoms with Crippen LogP contribution in [0.3, 0.4) is 0 Å². The van der Waals surface area contributed by atoms with Crippen LogP contribution in [-0.2, 0) is 0 Å². The first-order valence-electron chi connectivity index (χ1n) is 6.80. The van der Waals surface area contributed by atoms with Gasteiger partial charge in [-0.15, -0.1) is 10.2 Å². The van der Waals surface area contributed by atoms with E-state index < -0.39 is 5.91 Å². The van der Waals surface area contributed by atoms with Gasteiger partial charge in [-0.05, 0) is 18.2 Å². The van der Waals surface area contributed by atoms with E-state index in [1.54, 1.807) is 36.5 Å². The lowest BCUT2D eigenvalue weighted by Gasteiger charge is -2.06. The van der Waals surface area contributed by atoms with Crippen molar-refractivity contribution in [3.63, 3.8) is 0 Å². The highest BCUT2D eigenvalue weighted by atomic mass is 35.5. The number of carbonyl (C=O) groups is 1. The number of benzene rings is 1. The van der Waals surface area contributed by atoms with Crippen LogP contribution in [0.15, 0.2) is 42.7 Å². The number of anilines is 2. The van der Waals surface area contributed by atoms with E-state index in [2.05, 4.69) is 20.2 Å². The number of aromatic nitrogens is 4. The fourth-order valence-corrected chi connectivity index (χ4v) is 2.13. The standard InChI is InChI=1S/C9H7Cl2N5.C6H6N2O.H2O/c10-5-3-1-2-4(6(5)11)7-8(12)14-9(13)16-15-7;7-6(9)5-2-1-3-8-4-5;/h1-3H,(H4,12,13,14,16);1-4H,(H2,7,9);1H2. The average molecular weight is 396 g/mol. The van der Waals surface area contributed by atoms with E-state index in [-0.39, 0.29) is 17.2 Å². The van der Waals surface area contributed by atoms with E-state index in [9.17, 15) is 4.79 Å². The van der Waals surface area contributed by atoms with Crippen molar-refractivity contribution in [3.05, 3.63) is 58.3 Å². The summed E-state index contributed by atoms with van der Waals surface area (Å²) >= 11 is 11.9.